The number of hydrogen-bond acceptors (Lipinski definition) is 2. The molecule has 0 amide bonds. The van der Waals surface area contributed by atoms with Crippen molar-refractivity contribution < 1.29 is 13.6 Å². The fourth-order valence-electron chi connectivity index (χ4n) is 1.27. The van der Waals surface area contributed by atoms with Crippen molar-refractivity contribution in [2.75, 3.05) is 0 Å². The molecule has 1 aromatic heterocycles. The zero-order valence-electron chi connectivity index (χ0n) is 11.2. The van der Waals surface area contributed by atoms with Gasteiger partial charge in [0.05, 0.1) is 16.4 Å². The summed E-state index contributed by atoms with van der Waals surface area (Å²) in [5.74, 6) is -1.09. The van der Waals surface area contributed by atoms with E-state index in [9.17, 15) is 9.18 Å². The van der Waals surface area contributed by atoms with Gasteiger partial charge in [-0.3, -0.25) is 9.36 Å². The van der Waals surface area contributed by atoms with Crippen LogP contribution in [-0.4, -0.2) is 9.67 Å². The Morgan fingerprint density at radius 3 is 3.00 bits per heavy atom. The summed E-state index contributed by atoms with van der Waals surface area (Å²) in [6.07, 6.45) is 1.25. The molecule has 0 aliphatic rings. The van der Waals surface area contributed by atoms with Gasteiger partial charge < -0.3 is 5.11 Å². The maximum Gasteiger partial charge on any atom is 0.255 e. The van der Waals surface area contributed by atoms with Crippen LogP contribution in [0.2, 0.25) is 0 Å². The first-order valence-corrected chi connectivity index (χ1v) is 4.55. The van der Waals surface area contributed by atoms with Crippen LogP contribution >= 0.6 is 0 Å². The molecule has 2 aromatic rings. The van der Waals surface area contributed by atoms with Gasteiger partial charge in [0.25, 0.3) is 5.56 Å². The number of aliphatic hydroxyl groups is 1. The van der Waals surface area contributed by atoms with Crippen molar-refractivity contribution in [1.29, 1.82) is 0 Å². The average Bonchev–Trinajstić information content (AvgIpc) is 2.38. The summed E-state index contributed by atoms with van der Waals surface area (Å²) in [5, 5.41) is 9.02. The summed E-state index contributed by atoms with van der Waals surface area (Å²) in [7, 11) is 0. The van der Waals surface area contributed by atoms with Crippen LogP contribution in [0.15, 0.2) is 47.3 Å². The Labute approximate surface area is 95.6 Å². The van der Waals surface area contributed by atoms with Crippen LogP contribution in [0.25, 0.3) is 5.69 Å². The van der Waals surface area contributed by atoms with Gasteiger partial charge in [-0.2, -0.15) is 0 Å². The average molecular weight is 222 g/mol. The highest BCUT2D eigenvalue weighted by Crippen LogP contribution is 2.08. The Morgan fingerprint density at radius 2 is 2.25 bits per heavy atom. The van der Waals surface area contributed by atoms with E-state index in [1.807, 2.05) is 0 Å². The highest BCUT2D eigenvalue weighted by molar-refractivity contribution is 5.33. The molecule has 82 valence electrons. The van der Waals surface area contributed by atoms with E-state index < -0.39 is 23.5 Å². The Morgan fingerprint density at radius 1 is 1.44 bits per heavy atom. The largest absolute Gasteiger partial charge is 0.392 e. The summed E-state index contributed by atoms with van der Waals surface area (Å²) in [5.41, 5.74) is -0.390. The van der Waals surface area contributed by atoms with E-state index >= 15 is 0 Å². The third kappa shape index (κ3) is 2.01. The topological polar surface area (TPSA) is 42.2 Å². The molecule has 1 N–H and O–H groups in total. The maximum atomic E-state index is 13.5. The zero-order chi connectivity index (χ0) is 14.2. The molecular weight excluding hydrogens is 209 g/mol. The fraction of sp³-hybridized carbons (Fsp3) is 0.0833. The molecule has 0 saturated heterocycles. The number of pyridine rings is 1. The summed E-state index contributed by atoms with van der Waals surface area (Å²) in [6.45, 7) is -0.319. The number of aromatic nitrogens is 1. The number of aliphatic hydroxyl groups excluding tert-OH is 1. The van der Waals surface area contributed by atoms with Gasteiger partial charge in [-0.05, 0) is 29.8 Å². The summed E-state index contributed by atoms with van der Waals surface area (Å²) < 4.78 is 37.0. The summed E-state index contributed by atoms with van der Waals surface area (Å²) >= 11 is 0. The van der Waals surface area contributed by atoms with Crippen molar-refractivity contribution in [2.24, 2.45) is 0 Å². The highest BCUT2D eigenvalue weighted by atomic mass is 19.1. The van der Waals surface area contributed by atoms with E-state index in [0.717, 1.165) is 16.7 Å². The number of hydrogen-bond donors (Lipinski definition) is 1. The Kier molecular flexibility index (Phi) is 1.97. The van der Waals surface area contributed by atoms with Gasteiger partial charge in [0.2, 0.25) is 0 Å². The first kappa shape index (κ1) is 7.35. The van der Waals surface area contributed by atoms with Crippen LogP contribution in [-0.2, 0) is 6.61 Å². The number of halogens is 1. The first-order chi connectivity index (χ1) is 8.95. The molecule has 0 radical (unpaired) electrons. The molecule has 3 nitrogen and oxygen atoms in total. The van der Waals surface area contributed by atoms with Gasteiger partial charge in [0.15, 0.2) is 0 Å². The molecule has 0 aliphatic heterocycles. The maximum absolute atomic E-state index is 13.5. The minimum absolute atomic E-state index is 0.242. The molecular formula is C12H10FNO2. The van der Waals surface area contributed by atoms with Crippen LogP contribution in [0.1, 0.15) is 9.68 Å². The van der Waals surface area contributed by atoms with E-state index in [4.69, 9.17) is 9.22 Å². The van der Waals surface area contributed by atoms with Crippen LogP contribution in [0.5, 0.6) is 0 Å². The second kappa shape index (κ2) is 4.28. The second-order valence-corrected chi connectivity index (χ2v) is 3.12. The molecule has 0 aliphatic carbocycles. The fourth-order valence-corrected chi connectivity index (χ4v) is 1.27. The van der Waals surface area contributed by atoms with Gasteiger partial charge in [-0.15, -0.1) is 0 Å². The molecule has 0 atom stereocenters. The number of rotatable bonds is 2. The van der Waals surface area contributed by atoms with E-state index in [0.29, 0.717) is 5.56 Å². The normalized spacial score (nSPS) is 13.0. The van der Waals surface area contributed by atoms with Crippen molar-refractivity contribution in [1.82, 2.24) is 4.57 Å². The van der Waals surface area contributed by atoms with Gasteiger partial charge in [-0.25, -0.2) is 4.39 Å². The van der Waals surface area contributed by atoms with Crippen LogP contribution < -0.4 is 5.56 Å². The van der Waals surface area contributed by atoms with E-state index in [2.05, 4.69) is 0 Å². The number of nitrogens with zero attached hydrogens (tertiary/aromatic N) is 1. The molecule has 2 rings (SSSR count). The zero-order valence-corrected chi connectivity index (χ0v) is 8.20. The molecule has 0 saturated carbocycles. The first-order valence-electron chi connectivity index (χ1n) is 6.05. The van der Waals surface area contributed by atoms with Gasteiger partial charge in [0.1, 0.15) is 5.82 Å². The van der Waals surface area contributed by atoms with Gasteiger partial charge >= 0.3 is 0 Å². The standard InChI is InChI=1S/C12H10FNO2/c13-10-2-1-3-11(6-10)14-7-9(8-15)4-5-12(14)16/h1-7,15H,8H2/i2D,3D,6D. The lowest BCUT2D eigenvalue weighted by atomic mass is 10.2. The minimum Gasteiger partial charge on any atom is -0.392 e. The minimum atomic E-state index is -1.09. The molecule has 4 heteroatoms. The van der Waals surface area contributed by atoms with Crippen molar-refractivity contribution >= 4 is 0 Å². The molecule has 0 bridgehead atoms. The lowest BCUT2D eigenvalue weighted by molar-refractivity contribution is 0.281. The van der Waals surface area contributed by atoms with E-state index in [1.165, 1.54) is 12.3 Å². The van der Waals surface area contributed by atoms with Crippen LogP contribution in [0.3, 0.4) is 0 Å². The summed E-state index contributed by atoms with van der Waals surface area (Å²) in [4.78, 5) is 11.7. The van der Waals surface area contributed by atoms with Crippen molar-refractivity contribution in [3.05, 3.63) is 64.3 Å². The van der Waals surface area contributed by atoms with E-state index in [1.54, 1.807) is 0 Å². The predicted molar refractivity (Wildman–Crippen MR) is 57.9 cm³/mol. The quantitative estimate of drug-likeness (QED) is 0.836. The third-order valence-electron chi connectivity index (χ3n) is 2.03. The molecule has 16 heavy (non-hydrogen) atoms. The van der Waals surface area contributed by atoms with Crippen molar-refractivity contribution in [3.8, 4) is 5.69 Å². The smallest absolute Gasteiger partial charge is 0.255 e. The Hall–Kier alpha value is -1.94. The van der Waals surface area contributed by atoms with Crippen LogP contribution in [0, 0.1) is 5.82 Å². The molecule has 0 fully saturated rings. The highest BCUT2D eigenvalue weighted by Gasteiger charge is 2.01. The Bertz CT molecular complexity index is 700. The predicted octanol–water partition coefficient (Wildman–Crippen LogP) is 1.47. The monoisotopic (exact) mass is 222 g/mol. The van der Waals surface area contributed by atoms with Gasteiger partial charge in [-0.1, -0.05) is 6.07 Å². The second-order valence-electron chi connectivity index (χ2n) is 3.12. The summed E-state index contributed by atoms with van der Waals surface area (Å²) in [6, 6.07) is 1.95. The molecule has 0 unspecified atom stereocenters. The lowest BCUT2D eigenvalue weighted by Gasteiger charge is -2.06. The number of benzene rings is 1. The van der Waals surface area contributed by atoms with Crippen LogP contribution in [0.4, 0.5) is 4.39 Å². The van der Waals surface area contributed by atoms with Crippen molar-refractivity contribution in [3.63, 3.8) is 0 Å². The van der Waals surface area contributed by atoms with Gasteiger partial charge in [0, 0.05) is 12.3 Å². The van der Waals surface area contributed by atoms with E-state index in [-0.39, 0.29) is 18.3 Å². The molecule has 1 heterocycles. The lowest BCUT2D eigenvalue weighted by Crippen LogP contribution is -2.17. The SMILES string of the molecule is [2H]c1cc([2H])c(-n2cc(CO)ccc2=O)c([2H])c1F. The molecule has 1 aromatic carbocycles. The third-order valence-corrected chi connectivity index (χ3v) is 2.03. The Balaban J connectivity index is 2.79. The van der Waals surface area contributed by atoms with Crippen molar-refractivity contribution in [2.45, 2.75) is 6.61 Å². The molecule has 0 spiro atoms.